The molecular weight excluding hydrogens is 424 g/mol. The van der Waals surface area contributed by atoms with Gasteiger partial charge < -0.3 is 25.6 Å². The number of aliphatic carboxylic acids is 1. The van der Waals surface area contributed by atoms with Crippen LogP contribution in [0.1, 0.15) is 49.7 Å². The minimum absolute atomic E-state index is 0.0117. The number of carbonyl (C=O) groups excluding carboxylic acids is 2. The van der Waals surface area contributed by atoms with Gasteiger partial charge in [0.1, 0.15) is 6.61 Å². The van der Waals surface area contributed by atoms with Gasteiger partial charge in [0.2, 0.25) is 5.91 Å². The molecule has 0 radical (unpaired) electrons. The maximum atomic E-state index is 12.5. The van der Waals surface area contributed by atoms with Gasteiger partial charge >= 0.3 is 12.1 Å². The monoisotopic (exact) mass is 454 g/mol. The molecule has 0 saturated heterocycles. The molecule has 0 fully saturated rings. The molecule has 0 saturated carbocycles. The van der Waals surface area contributed by atoms with Gasteiger partial charge in [-0.2, -0.15) is 0 Å². The zero-order valence-electron chi connectivity index (χ0n) is 18.6. The van der Waals surface area contributed by atoms with Crippen molar-refractivity contribution in [2.75, 3.05) is 13.2 Å². The van der Waals surface area contributed by atoms with E-state index in [0.29, 0.717) is 6.42 Å². The van der Waals surface area contributed by atoms with Crippen LogP contribution in [0.4, 0.5) is 4.79 Å². The van der Waals surface area contributed by atoms with E-state index >= 15 is 0 Å². The van der Waals surface area contributed by atoms with Crippen LogP contribution in [0.25, 0.3) is 11.1 Å². The fourth-order valence-corrected chi connectivity index (χ4v) is 4.18. The van der Waals surface area contributed by atoms with E-state index in [2.05, 4.69) is 22.8 Å². The SMILES string of the molecule is CCC[C@@H](CC(=O)NCC(O)CC(=O)O)NC(=O)OCC1c2ccccc2-c2ccccc21. The van der Waals surface area contributed by atoms with Gasteiger partial charge in [-0.1, -0.05) is 61.9 Å². The van der Waals surface area contributed by atoms with Crippen LogP contribution in [0.3, 0.4) is 0 Å². The summed E-state index contributed by atoms with van der Waals surface area (Å²) in [4.78, 5) is 35.3. The molecule has 1 unspecified atom stereocenters. The maximum absolute atomic E-state index is 12.5. The number of aliphatic hydroxyl groups excluding tert-OH is 1. The van der Waals surface area contributed by atoms with Gasteiger partial charge in [0.15, 0.2) is 0 Å². The lowest BCUT2D eigenvalue weighted by Crippen LogP contribution is -2.41. The fraction of sp³-hybridized carbons (Fsp3) is 0.400. The number of ether oxygens (including phenoxy) is 1. The van der Waals surface area contributed by atoms with Crippen molar-refractivity contribution in [2.45, 2.75) is 50.7 Å². The normalized spacial score (nSPS) is 14.0. The highest BCUT2D eigenvalue weighted by Crippen LogP contribution is 2.44. The van der Waals surface area contributed by atoms with E-state index < -0.39 is 30.6 Å². The first-order chi connectivity index (χ1) is 15.9. The molecule has 8 heteroatoms. The summed E-state index contributed by atoms with van der Waals surface area (Å²) < 4.78 is 5.55. The van der Waals surface area contributed by atoms with Crippen LogP contribution in [0.15, 0.2) is 48.5 Å². The summed E-state index contributed by atoms with van der Waals surface area (Å²) in [7, 11) is 0. The van der Waals surface area contributed by atoms with Crippen molar-refractivity contribution in [1.29, 1.82) is 0 Å². The van der Waals surface area contributed by atoms with Gasteiger partial charge in [0.25, 0.3) is 0 Å². The number of aliphatic hydroxyl groups is 1. The molecule has 0 bridgehead atoms. The molecule has 0 aromatic heterocycles. The van der Waals surface area contributed by atoms with Crippen molar-refractivity contribution in [3.8, 4) is 11.1 Å². The molecule has 1 aliphatic rings. The molecule has 2 aromatic rings. The Morgan fingerprint density at radius 1 is 1.00 bits per heavy atom. The molecule has 2 aromatic carbocycles. The van der Waals surface area contributed by atoms with E-state index in [0.717, 1.165) is 28.7 Å². The van der Waals surface area contributed by atoms with E-state index in [4.69, 9.17) is 9.84 Å². The van der Waals surface area contributed by atoms with Crippen molar-refractivity contribution in [2.24, 2.45) is 0 Å². The second kappa shape index (κ2) is 11.5. The molecule has 3 rings (SSSR count). The molecule has 2 amide bonds. The van der Waals surface area contributed by atoms with Crippen LogP contribution in [0.5, 0.6) is 0 Å². The molecule has 4 N–H and O–H groups in total. The molecule has 33 heavy (non-hydrogen) atoms. The second-order valence-electron chi connectivity index (χ2n) is 8.22. The Labute approximate surface area is 193 Å². The highest BCUT2D eigenvalue weighted by Gasteiger charge is 2.29. The first kappa shape index (κ1) is 24.3. The van der Waals surface area contributed by atoms with Gasteiger partial charge in [-0.3, -0.25) is 9.59 Å². The number of fused-ring (bicyclic) bond motifs is 3. The fourth-order valence-electron chi connectivity index (χ4n) is 4.18. The van der Waals surface area contributed by atoms with Gasteiger partial charge in [0, 0.05) is 24.9 Å². The number of amides is 2. The maximum Gasteiger partial charge on any atom is 0.407 e. The van der Waals surface area contributed by atoms with Crippen LogP contribution >= 0.6 is 0 Å². The number of carboxylic acid groups (broad SMARTS) is 1. The van der Waals surface area contributed by atoms with Crippen molar-refractivity contribution in [1.82, 2.24) is 10.6 Å². The Morgan fingerprint density at radius 3 is 2.18 bits per heavy atom. The standard InChI is InChI=1S/C25H30N2O6/c1-2-7-16(12-23(29)26-14-17(28)13-24(30)31)27-25(32)33-15-22-20-10-5-3-8-18(20)19-9-4-6-11-21(19)22/h3-6,8-11,16-17,22,28H,2,7,12-15H2,1H3,(H,26,29)(H,27,32)(H,30,31)/t16-,17?/m0/s1. The van der Waals surface area contributed by atoms with Crippen molar-refractivity contribution < 1.29 is 29.3 Å². The molecule has 1 aliphatic carbocycles. The summed E-state index contributed by atoms with van der Waals surface area (Å²) in [5, 5.41) is 23.5. The average molecular weight is 455 g/mol. The van der Waals surface area contributed by atoms with E-state index in [1.807, 2.05) is 43.3 Å². The quantitative estimate of drug-likeness (QED) is 0.414. The number of carbonyl (C=O) groups is 3. The average Bonchev–Trinajstić information content (AvgIpc) is 3.10. The Bertz CT molecular complexity index is 947. The first-order valence-corrected chi connectivity index (χ1v) is 11.2. The van der Waals surface area contributed by atoms with Crippen molar-refractivity contribution in [3.63, 3.8) is 0 Å². The zero-order chi connectivity index (χ0) is 23.8. The predicted octanol–water partition coefficient (Wildman–Crippen LogP) is 3.04. The molecule has 2 atom stereocenters. The molecule has 0 aliphatic heterocycles. The highest BCUT2D eigenvalue weighted by molar-refractivity contribution is 5.79. The summed E-state index contributed by atoms with van der Waals surface area (Å²) in [6, 6.07) is 15.7. The van der Waals surface area contributed by atoms with Gasteiger partial charge in [-0.25, -0.2) is 4.79 Å². The number of carboxylic acids is 1. The predicted molar refractivity (Wildman–Crippen MR) is 123 cm³/mol. The number of hydrogen-bond donors (Lipinski definition) is 4. The number of hydrogen-bond acceptors (Lipinski definition) is 5. The topological polar surface area (TPSA) is 125 Å². The summed E-state index contributed by atoms with van der Waals surface area (Å²) in [5.41, 5.74) is 4.53. The smallest absolute Gasteiger partial charge is 0.407 e. The van der Waals surface area contributed by atoms with Gasteiger partial charge in [-0.05, 0) is 28.7 Å². The number of rotatable bonds is 11. The summed E-state index contributed by atoms with van der Waals surface area (Å²) in [5.74, 6) is -1.57. The van der Waals surface area contributed by atoms with Gasteiger partial charge in [0.05, 0.1) is 12.5 Å². The minimum Gasteiger partial charge on any atom is -0.481 e. The largest absolute Gasteiger partial charge is 0.481 e. The summed E-state index contributed by atoms with van der Waals surface area (Å²) >= 11 is 0. The number of nitrogens with one attached hydrogen (secondary N) is 2. The molecular formula is C25H30N2O6. The Morgan fingerprint density at radius 2 is 1.61 bits per heavy atom. The van der Waals surface area contributed by atoms with Gasteiger partial charge in [-0.15, -0.1) is 0 Å². The first-order valence-electron chi connectivity index (χ1n) is 11.2. The van der Waals surface area contributed by atoms with Crippen molar-refractivity contribution >= 4 is 18.0 Å². The summed E-state index contributed by atoms with van der Waals surface area (Å²) in [6.45, 7) is 1.97. The van der Waals surface area contributed by atoms with Crippen molar-refractivity contribution in [3.05, 3.63) is 59.7 Å². The lowest BCUT2D eigenvalue weighted by Gasteiger charge is -2.20. The molecule has 0 heterocycles. The molecule has 8 nitrogen and oxygen atoms in total. The Hall–Kier alpha value is -3.39. The van der Waals surface area contributed by atoms with Crippen LogP contribution < -0.4 is 10.6 Å². The third-order valence-corrected chi connectivity index (χ3v) is 5.68. The lowest BCUT2D eigenvalue weighted by atomic mass is 9.98. The third-order valence-electron chi connectivity index (χ3n) is 5.68. The van der Waals surface area contributed by atoms with E-state index in [9.17, 15) is 19.5 Å². The second-order valence-corrected chi connectivity index (χ2v) is 8.22. The number of alkyl carbamates (subject to hydrolysis) is 1. The lowest BCUT2D eigenvalue weighted by molar-refractivity contribution is -0.139. The van der Waals surface area contributed by atoms with Crippen LogP contribution in [-0.4, -0.2) is 53.5 Å². The Kier molecular flexibility index (Phi) is 8.43. The van der Waals surface area contributed by atoms with E-state index in [1.54, 1.807) is 0 Å². The highest BCUT2D eigenvalue weighted by atomic mass is 16.5. The molecule has 0 spiro atoms. The van der Waals surface area contributed by atoms with E-state index in [-0.39, 0.29) is 31.4 Å². The molecule has 176 valence electrons. The Balaban J connectivity index is 1.53. The number of benzene rings is 2. The van der Waals surface area contributed by atoms with E-state index in [1.165, 1.54) is 0 Å². The zero-order valence-corrected chi connectivity index (χ0v) is 18.6. The van der Waals surface area contributed by atoms with Crippen LogP contribution in [0.2, 0.25) is 0 Å². The van der Waals surface area contributed by atoms with Crippen LogP contribution in [-0.2, 0) is 14.3 Å². The van der Waals surface area contributed by atoms with Crippen LogP contribution in [0, 0.1) is 0 Å². The minimum atomic E-state index is -1.16. The third kappa shape index (κ3) is 6.55. The summed E-state index contributed by atoms with van der Waals surface area (Å²) in [6.07, 6.45) is -0.854.